The van der Waals surface area contributed by atoms with Crippen LogP contribution < -0.4 is 14.8 Å². The number of hydrogen-bond donors (Lipinski definition) is 2. The van der Waals surface area contributed by atoms with Gasteiger partial charge in [-0.25, -0.2) is 8.42 Å². The summed E-state index contributed by atoms with van der Waals surface area (Å²) in [7, 11) is -2.17. The van der Waals surface area contributed by atoms with Gasteiger partial charge in [0, 0.05) is 11.3 Å². The van der Waals surface area contributed by atoms with Crippen molar-refractivity contribution in [2.75, 3.05) is 17.1 Å². The third-order valence-electron chi connectivity index (χ3n) is 5.57. The molecule has 0 heterocycles. The molecule has 0 unspecified atom stereocenters. The summed E-state index contributed by atoms with van der Waals surface area (Å²) in [5.41, 5.74) is 3.89. The maximum Gasteiger partial charge on any atom is 0.261 e. The van der Waals surface area contributed by atoms with Crippen LogP contribution in [0.1, 0.15) is 16.7 Å². The molecule has 0 saturated heterocycles. The van der Waals surface area contributed by atoms with Crippen molar-refractivity contribution in [2.45, 2.75) is 11.8 Å². The SMILES string of the molecule is COc1ccc(/C=C(/C(=O)Nc2ccc(S(=O)(=O)Nc3ccccc3C)cc2)c2ccccc2)cc1. The van der Waals surface area contributed by atoms with Gasteiger partial charge in [0.05, 0.1) is 17.7 Å². The van der Waals surface area contributed by atoms with Gasteiger partial charge < -0.3 is 10.1 Å². The van der Waals surface area contributed by atoms with Crippen LogP contribution in [-0.4, -0.2) is 21.4 Å². The number of aryl methyl sites for hydroxylation is 1. The highest BCUT2D eigenvalue weighted by atomic mass is 32.2. The minimum atomic E-state index is -3.77. The lowest BCUT2D eigenvalue weighted by Gasteiger charge is -2.12. The van der Waals surface area contributed by atoms with E-state index in [0.29, 0.717) is 16.9 Å². The fraction of sp³-hybridized carbons (Fsp3) is 0.0690. The van der Waals surface area contributed by atoms with Crippen molar-refractivity contribution in [3.8, 4) is 5.75 Å². The average molecular weight is 499 g/mol. The quantitative estimate of drug-likeness (QED) is 0.231. The van der Waals surface area contributed by atoms with Crippen LogP contribution in [0.25, 0.3) is 11.6 Å². The molecule has 182 valence electrons. The average Bonchev–Trinajstić information content (AvgIpc) is 2.89. The number of para-hydroxylation sites is 1. The van der Waals surface area contributed by atoms with Crippen LogP contribution >= 0.6 is 0 Å². The van der Waals surface area contributed by atoms with Gasteiger partial charge in [-0.15, -0.1) is 0 Å². The van der Waals surface area contributed by atoms with Gasteiger partial charge in [-0.1, -0.05) is 60.7 Å². The Morgan fingerprint density at radius 1 is 0.806 bits per heavy atom. The van der Waals surface area contributed by atoms with Crippen molar-refractivity contribution in [1.82, 2.24) is 0 Å². The highest BCUT2D eigenvalue weighted by Gasteiger charge is 2.17. The van der Waals surface area contributed by atoms with Gasteiger partial charge in [0.2, 0.25) is 0 Å². The molecule has 6 nitrogen and oxygen atoms in total. The molecule has 0 aliphatic heterocycles. The summed E-state index contributed by atoms with van der Waals surface area (Å²) >= 11 is 0. The number of hydrogen-bond acceptors (Lipinski definition) is 4. The maximum absolute atomic E-state index is 13.3. The van der Waals surface area contributed by atoms with Crippen molar-refractivity contribution in [3.63, 3.8) is 0 Å². The fourth-order valence-corrected chi connectivity index (χ4v) is 4.70. The highest BCUT2D eigenvalue weighted by Crippen LogP contribution is 2.24. The van der Waals surface area contributed by atoms with Crippen molar-refractivity contribution in [3.05, 3.63) is 120 Å². The van der Waals surface area contributed by atoms with Crippen molar-refractivity contribution >= 4 is 39.0 Å². The zero-order chi connectivity index (χ0) is 25.5. The number of methoxy groups -OCH3 is 1. The topological polar surface area (TPSA) is 84.5 Å². The number of carbonyl (C=O) groups is 1. The molecule has 0 fully saturated rings. The van der Waals surface area contributed by atoms with E-state index in [2.05, 4.69) is 10.0 Å². The summed E-state index contributed by atoms with van der Waals surface area (Å²) < 4.78 is 33.4. The first-order valence-corrected chi connectivity index (χ1v) is 12.7. The summed E-state index contributed by atoms with van der Waals surface area (Å²) in [6.45, 7) is 1.83. The minimum Gasteiger partial charge on any atom is -0.497 e. The lowest BCUT2D eigenvalue weighted by Crippen LogP contribution is -2.15. The molecule has 4 aromatic carbocycles. The van der Waals surface area contributed by atoms with Crippen LogP contribution in [0, 0.1) is 6.92 Å². The minimum absolute atomic E-state index is 0.0980. The molecule has 1 amide bonds. The van der Waals surface area contributed by atoms with Crippen molar-refractivity contribution in [2.24, 2.45) is 0 Å². The van der Waals surface area contributed by atoms with E-state index >= 15 is 0 Å². The van der Waals surface area contributed by atoms with Gasteiger partial charge in [0.1, 0.15) is 5.75 Å². The standard InChI is InChI=1S/C29H26N2O4S/c1-21-8-6-7-11-28(21)31-36(33,34)26-18-14-24(15-19-26)30-29(32)27(23-9-4-3-5-10-23)20-22-12-16-25(35-2)17-13-22/h3-20,31H,1-2H3,(H,30,32)/b27-20+. The first-order chi connectivity index (χ1) is 17.4. The van der Waals surface area contributed by atoms with Gasteiger partial charge in [-0.3, -0.25) is 9.52 Å². The van der Waals surface area contributed by atoms with E-state index in [4.69, 9.17) is 4.74 Å². The monoisotopic (exact) mass is 498 g/mol. The molecule has 36 heavy (non-hydrogen) atoms. The molecular formula is C29H26N2O4S. The molecule has 4 aromatic rings. The van der Waals surface area contributed by atoms with Gasteiger partial charge in [-0.05, 0) is 72.2 Å². The number of benzene rings is 4. The molecule has 0 aliphatic carbocycles. The maximum atomic E-state index is 13.3. The predicted octanol–water partition coefficient (Wildman–Crippen LogP) is 5.98. The molecule has 0 saturated carbocycles. The molecule has 0 spiro atoms. The van der Waals surface area contributed by atoms with Crippen LogP contribution in [0.15, 0.2) is 108 Å². The summed E-state index contributed by atoms with van der Waals surface area (Å²) in [4.78, 5) is 13.4. The van der Waals surface area contributed by atoms with Crippen molar-refractivity contribution in [1.29, 1.82) is 0 Å². The van der Waals surface area contributed by atoms with Crippen LogP contribution in [0.3, 0.4) is 0 Å². The summed E-state index contributed by atoms with van der Waals surface area (Å²) in [5.74, 6) is 0.412. The molecule has 7 heteroatoms. The van der Waals surface area contributed by atoms with Gasteiger partial charge in [0.25, 0.3) is 15.9 Å². The first-order valence-electron chi connectivity index (χ1n) is 11.3. The Labute approximate surface area is 211 Å². The molecule has 0 bridgehead atoms. The van der Waals surface area contributed by atoms with E-state index in [1.54, 1.807) is 37.5 Å². The normalized spacial score (nSPS) is 11.6. The number of rotatable bonds is 8. The molecule has 2 N–H and O–H groups in total. The molecule has 0 aromatic heterocycles. The first kappa shape index (κ1) is 24.8. The third kappa shape index (κ3) is 6.00. The van der Waals surface area contributed by atoms with E-state index in [1.807, 2.05) is 73.7 Å². The van der Waals surface area contributed by atoms with Gasteiger partial charge in [-0.2, -0.15) is 0 Å². The zero-order valence-electron chi connectivity index (χ0n) is 19.9. The second-order valence-electron chi connectivity index (χ2n) is 8.10. The lowest BCUT2D eigenvalue weighted by molar-refractivity contribution is -0.111. The zero-order valence-corrected chi connectivity index (χ0v) is 20.8. The van der Waals surface area contributed by atoms with Crippen molar-refractivity contribution < 1.29 is 17.9 Å². The fourth-order valence-electron chi connectivity index (χ4n) is 3.57. The molecular weight excluding hydrogens is 472 g/mol. The van der Waals surface area contributed by atoms with Crippen LogP contribution in [0.2, 0.25) is 0 Å². The second kappa shape index (κ2) is 10.9. The molecule has 0 radical (unpaired) electrons. The molecule has 0 aliphatic rings. The predicted molar refractivity (Wildman–Crippen MR) is 144 cm³/mol. The number of sulfonamides is 1. The molecule has 0 atom stereocenters. The number of anilines is 2. The third-order valence-corrected chi connectivity index (χ3v) is 6.95. The number of nitrogens with one attached hydrogen (secondary N) is 2. The Balaban J connectivity index is 1.55. The van der Waals surface area contributed by atoms with E-state index in [-0.39, 0.29) is 10.8 Å². The smallest absolute Gasteiger partial charge is 0.261 e. The van der Waals surface area contributed by atoms with Gasteiger partial charge >= 0.3 is 0 Å². The Morgan fingerprint density at radius 3 is 2.08 bits per heavy atom. The Kier molecular flexibility index (Phi) is 7.51. The van der Waals surface area contributed by atoms with Crippen LogP contribution in [0.4, 0.5) is 11.4 Å². The number of amides is 1. The summed E-state index contributed by atoms with van der Waals surface area (Å²) in [6.07, 6.45) is 1.80. The van der Waals surface area contributed by atoms with Crippen LogP contribution in [-0.2, 0) is 14.8 Å². The number of carbonyl (C=O) groups excluding carboxylic acids is 1. The van der Waals surface area contributed by atoms with E-state index < -0.39 is 10.0 Å². The highest BCUT2D eigenvalue weighted by molar-refractivity contribution is 7.92. The van der Waals surface area contributed by atoms with Gasteiger partial charge in [0.15, 0.2) is 0 Å². The largest absolute Gasteiger partial charge is 0.497 e. The Morgan fingerprint density at radius 2 is 1.44 bits per heavy atom. The Bertz CT molecular complexity index is 1480. The lowest BCUT2D eigenvalue weighted by atomic mass is 10.0. The molecule has 4 rings (SSSR count). The van der Waals surface area contributed by atoms with E-state index in [0.717, 1.165) is 22.4 Å². The van der Waals surface area contributed by atoms with E-state index in [1.165, 1.54) is 12.1 Å². The Hall–Kier alpha value is -4.36. The summed E-state index contributed by atoms with van der Waals surface area (Å²) in [6, 6.07) is 30.0. The number of ether oxygens (including phenoxy) is 1. The second-order valence-corrected chi connectivity index (χ2v) is 9.78. The van der Waals surface area contributed by atoms with E-state index in [9.17, 15) is 13.2 Å². The summed E-state index contributed by atoms with van der Waals surface area (Å²) in [5, 5.41) is 2.87. The van der Waals surface area contributed by atoms with Crippen LogP contribution in [0.5, 0.6) is 5.75 Å².